The number of methoxy groups -OCH3 is 2. The van der Waals surface area contributed by atoms with Crippen LogP contribution >= 0.6 is 0 Å². The minimum Gasteiger partial charge on any atom is -0.495 e. The first kappa shape index (κ1) is 14.5. The number of anilines is 2. The van der Waals surface area contributed by atoms with Crippen LogP contribution in [0.25, 0.3) is 0 Å². The number of halogens is 1. The zero-order chi connectivity index (χ0) is 13.5. The maximum absolute atomic E-state index is 13.6. The first-order valence-electron chi connectivity index (χ1n) is 5.62. The van der Waals surface area contributed by atoms with Crippen molar-refractivity contribution in [3.05, 3.63) is 17.9 Å². The van der Waals surface area contributed by atoms with Gasteiger partial charge < -0.3 is 25.6 Å². The molecule has 0 aliphatic heterocycles. The lowest BCUT2D eigenvalue weighted by atomic mass is 10.2. The van der Waals surface area contributed by atoms with Crippen LogP contribution in [-0.4, -0.2) is 38.6 Å². The quantitative estimate of drug-likeness (QED) is 0.641. The molecule has 0 spiro atoms. The van der Waals surface area contributed by atoms with E-state index in [0.717, 1.165) is 0 Å². The zero-order valence-electron chi connectivity index (χ0n) is 10.6. The molecule has 102 valence electrons. The topological polar surface area (TPSA) is 76.7 Å². The zero-order valence-corrected chi connectivity index (χ0v) is 10.6. The van der Waals surface area contributed by atoms with Crippen LogP contribution in [0.5, 0.6) is 5.75 Å². The van der Waals surface area contributed by atoms with E-state index in [1.54, 1.807) is 0 Å². The normalized spacial score (nSPS) is 12.2. The molecule has 6 heteroatoms. The van der Waals surface area contributed by atoms with Crippen LogP contribution in [-0.2, 0) is 4.74 Å². The smallest absolute Gasteiger partial charge is 0.148 e. The van der Waals surface area contributed by atoms with Crippen molar-refractivity contribution in [1.29, 1.82) is 0 Å². The molecule has 0 heterocycles. The number of benzene rings is 1. The minimum atomic E-state index is -0.568. The Kier molecular flexibility index (Phi) is 5.67. The third-order valence-corrected chi connectivity index (χ3v) is 2.47. The van der Waals surface area contributed by atoms with Gasteiger partial charge in [0.15, 0.2) is 0 Å². The highest BCUT2D eigenvalue weighted by Gasteiger charge is 2.09. The molecule has 0 amide bonds. The highest BCUT2D eigenvalue weighted by atomic mass is 19.1. The van der Waals surface area contributed by atoms with Gasteiger partial charge in [-0.15, -0.1) is 0 Å². The van der Waals surface area contributed by atoms with Crippen LogP contribution in [0.1, 0.15) is 6.42 Å². The van der Waals surface area contributed by atoms with Crippen molar-refractivity contribution in [2.24, 2.45) is 0 Å². The molecule has 1 aromatic rings. The van der Waals surface area contributed by atoms with E-state index in [9.17, 15) is 9.50 Å². The molecule has 0 radical (unpaired) electrons. The number of hydrogen-bond donors (Lipinski definition) is 3. The number of rotatable bonds is 7. The van der Waals surface area contributed by atoms with Gasteiger partial charge in [0.05, 0.1) is 31.2 Å². The Morgan fingerprint density at radius 2 is 2.17 bits per heavy atom. The molecular weight excluding hydrogens is 239 g/mol. The molecule has 5 nitrogen and oxygen atoms in total. The molecular formula is C12H19FN2O3. The van der Waals surface area contributed by atoms with Crippen LogP contribution in [0.3, 0.4) is 0 Å². The van der Waals surface area contributed by atoms with Gasteiger partial charge in [0.2, 0.25) is 0 Å². The number of nitrogens with one attached hydrogen (secondary N) is 1. The standard InChI is InChI=1S/C12H19FN2O3/c1-17-7-8(16)3-4-15-11-6-12(18-2)10(14)5-9(11)13/h5-6,8,15-16H,3-4,7,14H2,1-2H3. The number of aliphatic hydroxyl groups excluding tert-OH is 1. The molecule has 0 aromatic heterocycles. The number of hydrogen-bond acceptors (Lipinski definition) is 5. The van der Waals surface area contributed by atoms with Gasteiger partial charge in [-0.3, -0.25) is 0 Å². The molecule has 1 atom stereocenters. The largest absolute Gasteiger partial charge is 0.495 e. The van der Waals surface area contributed by atoms with Crippen molar-refractivity contribution in [3.63, 3.8) is 0 Å². The van der Waals surface area contributed by atoms with E-state index in [2.05, 4.69) is 5.32 Å². The van der Waals surface area contributed by atoms with Gasteiger partial charge in [-0.25, -0.2) is 4.39 Å². The molecule has 0 aliphatic carbocycles. The van der Waals surface area contributed by atoms with Gasteiger partial charge in [0.1, 0.15) is 11.6 Å². The van der Waals surface area contributed by atoms with E-state index < -0.39 is 11.9 Å². The average molecular weight is 258 g/mol. The maximum Gasteiger partial charge on any atom is 0.148 e. The molecule has 0 saturated carbocycles. The van der Waals surface area contributed by atoms with E-state index in [1.807, 2.05) is 0 Å². The highest BCUT2D eigenvalue weighted by molar-refractivity contribution is 5.62. The summed E-state index contributed by atoms with van der Waals surface area (Å²) in [5, 5.41) is 12.3. The fourth-order valence-corrected chi connectivity index (χ4v) is 1.53. The monoisotopic (exact) mass is 258 g/mol. The summed E-state index contributed by atoms with van der Waals surface area (Å²) >= 11 is 0. The van der Waals surface area contributed by atoms with Crippen LogP contribution < -0.4 is 15.8 Å². The minimum absolute atomic E-state index is 0.250. The van der Waals surface area contributed by atoms with E-state index in [-0.39, 0.29) is 12.3 Å². The van der Waals surface area contributed by atoms with Crippen molar-refractivity contribution in [3.8, 4) is 5.75 Å². The number of aliphatic hydroxyl groups is 1. The number of nitrogens with two attached hydrogens (primary N) is 1. The van der Waals surface area contributed by atoms with Gasteiger partial charge in [0.25, 0.3) is 0 Å². The first-order chi connectivity index (χ1) is 8.58. The third kappa shape index (κ3) is 4.05. The highest BCUT2D eigenvalue weighted by Crippen LogP contribution is 2.28. The molecule has 0 saturated heterocycles. The summed E-state index contributed by atoms with van der Waals surface area (Å²) in [6.45, 7) is 0.684. The molecule has 18 heavy (non-hydrogen) atoms. The van der Waals surface area contributed by atoms with E-state index >= 15 is 0 Å². The molecule has 0 fully saturated rings. The van der Waals surface area contributed by atoms with Crippen molar-refractivity contribution < 1.29 is 19.0 Å². The summed E-state index contributed by atoms with van der Waals surface area (Å²) in [6.07, 6.45) is -0.110. The Hall–Kier alpha value is -1.53. The Labute approximate surface area is 106 Å². The summed E-state index contributed by atoms with van der Waals surface area (Å²) in [7, 11) is 2.98. The number of ether oxygens (including phenoxy) is 2. The van der Waals surface area contributed by atoms with Crippen LogP contribution in [0.15, 0.2) is 12.1 Å². The van der Waals surface area contributed by atoms with Gasteiger partial charge in [-0.2, -0.15) is 0 Å². The predicted molar refractivity (Wildman–Crippen MR) is 68.4 cm³/mol. The summed E-state index contributed by atoms with van der Waals surface area (Å²) in [5.41, 5.74) is 6.11. The summed E-state index contributed by atoms with van der Waals surface area (Å²) in [4.78, 5) is 0. The predicted octanol–water partition coefficient (Wildman–Crippen LogP) is 1.23. The molecule has 1 aromatic carbocycles. The average Bonchev–Trinajstić information content (AvgIpc) is 2.32. The van der Waals surface area contributed by atoms with Crippen LogP contribution in [0.2, 0.25) is 0 Å². The fraction of sp³-hybridized carbons (Fsp3) is 0.500. The summed E-state index contributed by atoms with van der Waals surface area (Å²) < 4.78 is 23.4. The van der Waals surface area contributed by atoms with Crippen molar-refractivity contribution in [2.75, 3.05) is 38.4 Å². The van der Waals surface area contributed by atoms with E-state index in [4.69, 9.17) is 15.2 Å². The fourth-order valence-electron chi connectivity index (χ4n) is 1.53. The van der Waals surface area contributed by atoms with Crippen molar-refractivity contribution >= 4 is 11.4 Å². The second kappa shape index (κ2) is 7.03. The van der Waals surface area contributed by atoms with Gasteiger partial charge >= 0.3 is 0 Å². The first-order valence-corrected chi connectivity index (χ1v) is 5.62. The summed E-state index contributed by atoms with van der Waals surface area (Å²) in [6, 6.07) is 2.69. The summed E-state index contributed by atoms with van der Waals surface area (Å²) in [5.74, 6) is -0.0362. The number of nitrogen functional groups attached to an aromatic ring is 1. The second-order valence-corrected chi connectivity index (χ2v) is 3.90. The van der Waals surface area contributed by atoms with Crippen LogP contribution in [0, 0.1) is 5.82 Å². The van der Waals surface area contributed by atoms with Gasteiger partial charge in [-0.1, -0.05) is 0 Å². The molecule has 0 aliphatic rings. The van der Waals surface area contributed by atoms with Crippen molar-refractivity contribution in [2.45, 2.75) is 12.5 Å². The lowest BCUT2D eigenvalue weighted by Gasteiger charge is -2.13. The Morgan fingerprint density at radius 1 is 1.44 bits per heavy atom. The Morgan fingerprint density at radius 3 is 2.78 bits per heavy atom. The SMILES string of the molecule is COCC(O)CCNc1cc(OC)c(N)cc1F. The molecule has 1 unspecified atom stereocenters. The van der Waals surface area contributed by atoms with Gasteiger partial charge in [0, 0.05) is 25.8 Å². The van der Waals surface area contributed by atoms with E-state index in [0.29, 0.717) is 24.4 Å². The van der Waals surface area contributed by atoms with Crippen LogP contribution in [0.4, 0.5) is 15.8 Å². The van der Waals surface area contributed by atoms with Gasteiger partial charge in [-0.05, 0) is 6.42 Å². The lowest BCUT2D eigenvalue weighted by molar-refractivity contribution is 0.0615. The Balaban J connectivity index is 2.56. The van der Waals surface area contributed by atoms with Crippen molar-refractivity contribution in [1.82, 2.24) is 0 Å². The maximum atomic E-state index is 13.6. The van der Waals surface area contributed by atoms with E-state index in [1.165, 1.54) is 26.4 Å². The lowest BCUT2D eigenvalue weighted by Crippen LogP contribution is -2.18. The third-order valence-electron chi connectivity index (χ3n) is 2.47. The molecule has 0 bridgehead atoms. The second-order valence-electron chi connectivity index (χ2n) is 3.90. The molecule has 1 rings (SSSR count). The molecule has 4 N–H and O–H groups in total. The Bertz CT molecular complexity index is 388.